The number of fused-ring (bicyclic) bond motifs is 1. The Labute approximate surface area is 107 Å². The third-order valence-electron chi connectivity index (χ3n) is 3.47. The van der Waals surface area contributed by atoms with Crippen molar-refractivity contribution in [2.75, 3.05) is 18.0 Å². The third kappa shape index (κ3) is 1.86. The molecule has 0 aliphatic carbocycles. The van der Waals surface area contributed by atoms with Crippen molar-refractivity contribution in [2.45, 2.75) is 26.1 Å². The molecule has 0 spiro atoms. The quantitative estimate of drug-likeness (QED) is 0.771. The van der Waals surface area contributed by atoms with Crippen LogP contribution in [0.15, 0.2) is 24.3 Å². The number of morpholine rings is 1. The van der Waals surface area contributed by atoms with Crippen molar-refractivity contribution in [2.24, 2.45) is 7.05 Å². The fourth-order valence-corrected chi connectivity index (χ4v) is 2.76. The van der Waals surface area contributed by atoms with Crippen molar-refractivity contribution in [1.29, 1.82) is 0 Å². The number of hydrogen-bond donors (Lipinski definition) is 0. The topological polar surface area (TPSA) is 30.3 Å². The number of benzene rings is 1. The lowest BCUT2D eigenvalue weighted by atomic mass is 10.2. The van der Waals surface area contributed by atoms with Gasteiger partial charge in [0.05, 0.1) is 23.2 Å². The van der Waals surface area contributed by atoms with Gasteiger partial charge in [0.1, 0.15) is 0 Å². The second-order valence-corrected chi connectivity index (χ2v) is 5.12. The molecule has 0 unspecified atom stereocenters. The van der Waals surface area contributed by atoms with E-state index in [0.29, 0.717) is 0 Å². The van der Waals surface area contributed by atoms with Crippen LogP contribution in [0, 0.1) is 0 Å². The molecule has 0 N–H and O–H groups in total. The highest BCUT2D eigenvalue weighted by molar-refractivity contribution is 5.78. The molecule has 1 aromatic carbocycles. The number of aryl methyl sites for hydroxylation is 1. The van der Waals surface area contributed by atoms with Crippen LogP contribution in [0.3, 0.4) is 0 Å². The molecule has 1 fully saturated rings. The van der Waals surface area contributed by atoms with Crippen LogP contribution in [0.2, 0.25) is 0 Å². The van der Waals surface area contributed by atoms with Crippen LogP contribution in [0.1, 0.15) is 13.8 Å². The number of para-hydroxylation sites is 2. The SMILES string of the molecule is C[C@@H]1CN(c2nc3ccccc3n2C)C[C@H](C)O1. The van der Waals surface area contributed by atoms with Crippen LogP contribution in [0.25, 0.3) is 11.0 Å². The van der Waals surface area contributed by atoms with Crippen molar-refractivity contribution in [3.63, 3.8) is 0 Å². The van der Waals surface area contributed by atoms with E-state index in [2.05, 4.69) is 48.6 Å². The van der Waals surface area contributed by atoms with Gasteiger partial charge in [0.25, 0.3) is 0 Å². The fraction of sp³-hybridized carbons (Fsp3) is 0.500. The first-order valence-electron chi connectivity index (χ1n) is 6.47. The molecule has 4 nitrogen and oxygen atoms in total. The van der Waals surface area contributed by atoms with Gasteiger partial charge < -0.3 is 14.2 Å². The molecular formula is C14H19N3O. The van der Waals surface area contributed by atoms with Gasteiger partial charge in [0.2, 0.25) is 5.95 Å². The summed E-state index contributed by atoms with van der Waals surface area (Å²) < 4.78 is 7.94. The van der Waals surface area contributed by atoms with E-state index in [1.807, 2.05) is 6.07 Å². The maximum Gasteiger partial charge on any atom is 0.206 e. The average molecular weight is 245 g/mol. The third-order valence-corrected chi connectivity index (χ3v) is 3.47. The number of anilines is 1. The zero-order valence-corrected chi connectivity index (χ0v) is 11.1. The summed E-state index contributed by atoms with van der Waals surface area (Å²) in [5, 5.41) is 0. The summed E-state index contributed by atoms with van der Waals surface area (Å²) in [5.41, 5.74) is 2.24. The van der Waals surface area contributed by atoms with Crippen LogP contribution in [-0.2, 0) is 11.8 Å². The van der Waals surface area contributed by atoms with Crippen LogP contribution in [0.5, 0.6) is 0 Å². The number of imidazole rings is 1. The summed E-state index contributed by atoms with van der Waals surface area (Å²) in [5.74, 6) is 1.04. The molecule has 1 saturated heterocycles. The van der Waals surface area contributed by atoms with Gasteiger partial charge in [-0.15, -0.1) is 0 Å². The summed E-state index contributed by atoms with van der Waals surface area (Å²) in [7, 11) is 2.08. The van der Waals surface area contributed by atoms with E-state index in [0.717, 1.165) is 24.6 Å². The van der Waals surface area contributed by atoms with E-state index in [9.17, 15) is 0 Å². The normalized spacial score (nSPS) is 24.7. The van der Waals surface area contributed by atoms with Gasteiger partial charge in [-0.25, -0.2) is 4.98 Å². The van der Waals surface area contributed by atoms with Gasteiger partial charge in [-0.2, -0.15) is 0 Å². The smallest absolute Gasteiger partial charge is 0.206 e. The lowest BCUT2D eigenvalue weighted by molar-refractivity contribution is -0.00582. The Balaban J connectivity index is 2.01. The van der Waals surface area contributed by atoms with E-state index in [4.69, 9.17) is 9.72 Å². The molecule has 0 saturated carbocycles. The van der Waals surface area contributed by atoms with E-state index < -0.39 is 0 Å². The Morgan fingerprint density at radius 1 is 1.17 bits per heavy atom. The predicted molar refractivity (Wildman–Crippen MR) is 72.9 cm³/mol. The lowest BCUT2D eigenvalue weighted by Crippen LogP contribution is -2.46. The second-order valence-electron chi connectivity index (χ2n) is 5.12. The second kappa shape index (κ2) is 4.28. The summed E-state index contributed by atoms with van der Waals surface area (Å²) in [6.07, 6.45) is 0.516. The van der Waals surface area contributed by atoms with E-state index in [-0.39, 0.29) is 12.2 Å². The number of aromatic nitrogens is 2. The van der Waals surface area contributed by atoms with Gasteiger partial charge >= 0.3 is 0 Å². The van der Waals surface area contributed by atoms with Crippen molar-refractivity contribution in [3.8, 4) is 0 Å². The van der Waals surface area contributed by atoms with Crippen LogP contribution in [-0.4, -0.2) is 34.8 Å². The van der Waals surface area contributed by atoms with Crippen molar-refractivity contribution in [3.05, 3.63) is 24.3 Å². The number of ether oxygens (including phenoxy) is 1. The zero-order valence-electron chi connectivity index (χ0n) is 11.1. The minimum Gasteiger partial charge on any atom is -0.372 e. The fourth-order valence-electron chi connectivity index (χ4n) is 2.76. The molecule has 0 bridgehead atoms. The van der Waals surface area contributed by atoms with Crippen molar-refractivity contribution >= 4 is 17.0 Å². The van der Waals surface area contributed by atoms with Crippen molar-refractivity contribution < 1.29 is 4.74 Å². The molecule has 0 radical (unpaired) electrons. The summed E-state index contributed by atoms with van der Waals surface area (Å²) >= 11 is 0. The molecule has 1 aliphatic rings. The predicted octanol–water partition coefficient (Wildman–Crippen LogP) is 2.19. The molecule has 96 valence electrons. The molecule has 1 aromatic heterocycles. The number of nitrogens with zero attached hydrogens (tertiary/aromatic N) is 3. The van der Waals surface area contributed by atoms with Crippen LogP contribution >= 0.6 is 0 Å². The Morgan fingerprint density at radius 3 is 2.50 bits per heavy atom. The van der Waals surface area contributed by atoms with Gasteiger partial charge in [0, 0.05) is 20.1 Å². The first-order chi connectivity index (χ1) is 8.65. The summed E-state index contributed by atoms with van der Waals surface area (Å²) in [4.78, 5) is 7.06. The van der Waals surface area contributed by atoms with E-state index >= 15 is 0 Å². The minimum absolute atomic E-state index is 0.258. The Morgan fingerprint density at radius 2 is 1.83 bits per heavy atom. The maximum atomic E-state index is 5.77. The number of rotatable bonds is 1. The summed E-state index contributed by atoms with van der Waals surface area (Å²) in [6.45, 7) is 6.04. The Kier molecular flexibility index (Phi) is 2.74. The maximum absolute atomic E-state index is 5.77. The molecule has 2 atom stereocenters. The van der Waals surface area contributed by atoms with Gasteiger partial charge in [-0.1, -0.05) is 12.1 Å². The first-order valence-corrected chi connectivity index (χ1v) is 6.47. The van der Waals surface area contributed by atoms with E-state index in [1.165, 1.54) is 5.52 Å². The van der Waals surface area contributed by atoms with Gasteiger partial charge in [-0.05, 0) is 26.0 Å². The van der Waals surface area contributed by atoms with Gasteiger partial charge in [0.15, 0.2) is 0 Å². The molecular weight excluding hydrogens is 226 g/mol. The standard InChI is InChI=1S/C14H19N3O/c1-10-8-17(9-11(2)18-10)14-15-12-6-4-5-7-13(12)16(14)3/h4-7,10-11H,8-9H2,1-3H3/t10-,11+. The molecule has 18 heavy (non-hydrogen) atoms. The molecule has 2 heterocycles. The first kappa shape index (κ1) is 11.5. The molecule has 0 amide bonds. The largest absolute Gasteiger partial charge is 0.372 e. The van der Waals surface area contributed by atoms with E-state index in [1.54, 1.807) is 0 Å². The summed E-state index contributed by atoms with van der Waals surface area (Å²) in [6, 6.07) is 8.26. The molecule has 2 aromatic rings. The molecule has 3 rings (SSSR count). The van der Waals surface area contributed by atoms with Gasteiger partial charge in [-0.3, -0.25) is 0 Å². The highest BCUT2D eigenvalue weighted by Gasteiger charge is 2.25. The van der Waals surface area contributed by atoms with Crippen LogP contribution in [0.4, 0.5) is 5.95 Å². The molecule has 4 heteroatoms. The Hall–Kier alpha value is -1.55. The Bertz CT molecular complexity index is 553. The molecule has 1 aliphatic heterocycles. The van der Waals surface area contributed by atoms with Crippen molar-refractivity contribution in [1.82, 2.24) is 9.55 Å². The lowest BCUT2D eigenvalue weighted by Gasteiger charge is -2.35. The average Bonchev–Trinajstić information content (AvgIpc) is 2.66. The zero-order chi connectivity index (χ0) is 12.7. The minimum atomic E-state index is 0.258. The monoisotopic (exact) mass is 245 g/mol. The highest BCUT2D eigenvalue weighted by Crippen LogP contribution is 2.23. The highest BCUT2D eigenvalue weighted by atomic mass is 16.5. The number of hydrogen-bond acceptors (Lipinski definition) is 3. The van der Waals surface area contributed by atoms with Crippen LogP contribution < -0.4 is 4.90 Å².